The van der Waals surface area contributed by atoms with Gasteiger partial charge in [0.1, 0.15) is 11.5 Å². The summed E-state index contributed by atoms with van der Waals surface area (Å²) in [5.41, 5.74) is 0.974. The van der Waals surface area contributed by atoms with Crippen LogP contribution < -0.4 is 5.56 Å². The molecule has 0 saturated carbocycles. The van der Waals surface area contributed by atoms with E-state index in [9.17, 15) is 14.9 Å². The second kappa shape index (κ2) is 7.92. The number of para-hydroxylation sites is 2. The first kappa shape index (κ1) is 18.9. The topological polar surface area (TPSA) is 90.9 Å². The molecule has 0 radical (unpaired) electrons. The number of hydrogen-bond acceptors (Lipinski definition) is 5. The summed E-state index contributed by atoms with van der Waals surface area (Å²) in [5, 5.41) is 12.0. The number of pyridine rings is 1. The molecule has 8 heteroatoms. The van der Waals surface area contributed by atoms with Crippen molar-refractivity contribution in [3.63, 3.8) is 0 Å². The van der Waals surface area contributed by atoms with Gasteiger partial charge in [0, 0.05) is 22.0 Å². The highest BCUT2D eigenvalue weighted by Gasteiger charge is 2.19. The van der Waals surface area contributed by atoms with E-state index in [-0.39, 0.29) is 16.9 Å². The van der Waals surface area contributed by atoms with Crippen LogP contribution in [0.5, 0.6) is 0 Å². The van der Waals surface area contributed by atoms with Crippen LogP contribution >= 0.6 is 22.6 Å². The first-order valence-electron chi connectivity index (χ1n) is 8.59. The smallest absolute Gasteiger partial charge is 0.268 e. The molecule has 2 heterocycles. The van der Waals surface area contributed by atoms with Crippen LogP contribution in [-0.4, -0.2) is 19.5 Å². The molecule has 0 N–H and O–H groups in total. The lowest BCUT2D eigenvalue weighted by Gasteiger charge is -2.12. The number of nitro benzene ring substituents is 1. The first-order chi connectivity index (χ1) is 14.0. The van der Waals surface area contributed by atoms with Crippen molar-refractivity contribution in [3.05, 3.63) is 102 Å². The highest BCUT2D eigenvalue weighted by atomic mass is 127. The van der Waals surface area contributed by atoms with Gasteiger partial charge in [-0.15, -0.1) is 0 Å². The van der Waals surface area contributed by atoms with E-state index in [4.69, 9.17) is 0 Å². The minimum atomic E-state index is -0.505. The van der Waals surface area contributed by atoms with Crippen molar-refractivity contribution in [2.45, 2.75) is 0 Å². The normalized spacial score (nSPS) is 11.2. The highest BCUT2D eigenvalue weighted by molar-refractivity contribution is 14.1. The molecule has 4 rings (SSSR count). The van der Waals surface area contributed by atoms with Crippen LogP contribution in [0.2, 0.25) is 0 Å². The van der Waals surface area contributed by atoms with Crippen molar-refractivity contribution >= 4 is 51.3 Å². The molecule has 29 heavy (non-hydrogen) atoms. The summed E-state index contributed by atoms with van der Waals surface area (Å²) in [6, 6.07) is 15.1. The van der Waals surface area contributed by atoms with Gasteiger partial charge < -0.3 is 0 Å². The van der Waals surface area contributed by atoms with Gasteiger partial charge in [0.2, 0.25) is 0 Å². The van der Waals surface area contributed by atoms with Crippen molar-refractivity contribution < 1.29 is 4.92 Å². The predicted octanol–water partition coefficient (Wildman–Crippen LogP) is 4.46. The molecule has 0 atom stereocenters. The molecule has 0 spiro atoms. The average molecular weight is 496 g/mol. The van der Waals surface area contributed by atoms with E-state index < -0.39 is 4.92 Å². The number of hydrogen-bond donors (Lipinski definition) is 0. The van der Waals surface area contributed by atoms with E-state index in [0.717, 1.165) is 9.13 Å². The van der Waals surface area contributed by atoms with Gasteiger partial charge >= 0.3 is 0 Å². The molecule has 0 aliphatic rings. The van der Waals surface area contributed by atoms with Crippen molar-refractivity contribution in [1.29, 1.82) is 0 Å². The molecular weight excluding hydrogens is 483 g/mol. The molecule has 2 aromatic heterocycles. The zero-order valence-electron chi connectivity index (χ0n) is 14.9. The number of benzene rings is 2. The van der Waals surface area contributed by atoms with E-state index >= 15 is 0 Å². The molecule has 2 aromatic carbocycles. The lowest BCUT2D eigenvalue weighted by atomic mass is 10.2. The first-order valence-corrected chi connectivity index (χ1v) is 9.67. The molecule has 0 aliphatic carbocycles. The van der Waals surface area contributed by atoms with Crippen molar-refractivity contribution in [2.24, 2.45) is 0 Å². The second-order valence-electron chi connectivity index (χ2n) is 6.14. The Labute approximate surface area is 178 Å². The standard InChI is InChI=1S/C21H13IN4O3/c22-15-8-9-17-16(12-15)21(27)25(18-5-1-2-6-19(18)26(28)29)20(24-17)10-7-14-4-3-11-23-13-14/h1-13H/b10-7+. The summed E-state index contributed by atoms with van der Waals surface area (Å²) in [4.78, 5) is 33.1. The minimum absolute atomic E-state index is 0.168. The maximum atomic E-state index is 13.3. The Morgan fingerprint density at radius 3 is 2.66 bits per heavy atom. The maximum Gasteiger partial charge on any atom is 0.293 e. The van der Waals surface area contributed by atoms with Crippen LogP contribution in [0.25, 0.3) is 28.7 Å². The molecule has 7 nitrogen and oxygen atoms in total. The number of rotatable bonds is 4. The molecule has 0 aliphatic heterocycles. The zero-order valence-corrected chi connectivity index (χ0v) is 17.1. The van der Waals surface area contributed by atoms with Crippen LogP contribution in [-0.2, 0) is 0 Å². The van der Waals surface area contributed by atoms with Crippen LogP contribution in [0.1, 0.15) is 11.4 Å². The third kappa shape index (κ3) is 3.79. The van der Waals surface area contributed by atoms with Crippen LogP contribution in [0.3, 0.4) is 0 Å². The van der Waals surface area contributed by atoms with Crippen LogP contribution in [0.4, 0.5) is 5.69 Å². The largest absolute Gasteiger partial charge is 0.293 e. The molecule has 142 valence electrons. The zero-order chi connectivity index (χ0) is 20.4. The summed E-state index contributed by atoms with van der Waals surface area (Å²) >= 11 is 2.12. The van der Waals surface area contributed by atoms with E-state index in [1.807, 2.05) is 12.1 Å². The number of fused-ring (bicyclic) bond motifs is 1. The van der Waals surface area contributed by atoms with Gasteiger partial charge in [-0.1, -0.05) is 18.2 Å². The lowest BCUT2D eigenvalue weighted by Crippen LogP contribution is -2.23. The van der Waals surface area contributed by atoms with Crippen molar-refractivity contribution in [2.75, 3.05) is 0 Å². The second-order valence-corrected chi connectivity index (χ2v) is 7.38. The Morgan fingerprint density at radius 1 is 1.07 bits per heavy atom. The van der Waals surface area contributed by atoms with Gasteiger partial charge in [-0.3, -0.25) is 24.5 Å². The summed E-state index contributed by atoms with van der Waals surface area (Å²) in [6.45, 7) is 0. The minimum Gasteiger partial charge on any atom is -0.268 e. The fourth-order valence-electron chi connectivity index (χ4n) is 2.97. The van der Waals surface area contributed by atoms with Crippen LogP contribution in [0.15, 0.2) is 71.8 Å². The Hall–Kier alpha value is -3.40. The van der Waals surface area contributed by atoms with Gasteiger partial charge in [0.05, 0.1) is 15.8 Å². The molecule has 0 fully saturated rings. The number of nitrogens with zero attached hydrogens (tertiary/aromatic N) is 4. The number of halogens is 1. The molecule has 0 amide bonds. The maximum absolute atomic E-state index is 13.3. The molecule has 0 unspecified atom stereocenters. The predicted molar refractivity (Wildman–Crippen MR) is 120 cm³/mol. The van der Waals surface area contributed by atoms with Gasteiger partial charge in [0.25, 0.3) is 11.2 Å². The quantitative estimate of drug-likeness (QED) is 0.236. The molecular formula is C21H13IN4O3. The lowest BCUT2D eigenvalue weighted by molar-refractivity contribution is -0.384. The van der Waals surface area contributed by atoms with E-state index in [0.29, 0.717) is 16.7 Å². The Balaban J connectivity index is 2.03. The molecule has 0 saturated heterocycles. The van der Waals surface area contributed by atoms with Gasteiger partial charge in [0.15, 0.2) is 0 Å². The Bertz CT molecular complexity index is 1320. The van der Waals surface area contributed by atoms with Crippen molar-refractivity contribution in [1.82, 2.24) is 14.5 Å². The van der Waals surface area contributed by atoms with E-state index in [1.54, 1.807) is 60.9 Å². The Kier molecular flexibility index (Phi) is 5.17. The van der Waals surface area contributed by atoms with Gasteiger partial charge in [-0.25, -0.2) is 4.98 Å². The third-order valence-corrected chi connectivity index (χ3v) is 4.96. The fourth-order valence-corrected chi connectivity index (χ4v) is 3.46. The van der Waals surface area contributed by atoms with Crippen molar-refractivity contribution in [3.8, 4) is 5.69 Å². The summed E-state index contributed by atoms with van der Waals surface area (Å²) in [5.74, 6) is 0.293. The fraction of sp³-hybridized carbons (Fsp3) is 0. The third-order valence-electron chi connectivity index (χ3n) is 4.28. The summed E-state index contributed by atoms with van der Waals surface area (Å²) in [6.07, 6.45) is 6.76. The average Bonchev–Trinajstić information content (AvgIpc) is 2.73. The van der Waals surface area contributed by atoms with Crippen LogP contribution in [0, 0.1) is 13.7 Å². The SMILES string of the molecule is O=c1c2cc(I)ccc2nc(/C=C/c2cccnc2)n1-c1ccccc1[N+](=O)[O-]. The van der Waals surface area contributed by atoms with Gasteiger partial charge in [-0.2, -0.15) is 0 Å². The summed E-state index contributed by atoms with van der Waals surface area (Å²) in [7, 11) is 0. The number of aromatic nitrogens is 3. The highest BCUT2D eigenvalue weighted by Crippen LogP contribution is 2.24. The van der Waals surface area contributed by atoms with E-state index in [2.05, 4.69) is 32.6 Å². The summed E-state index contributed by atoms with van der Waals surface area (Å²) < 4.78 is 2.16. The monoisotopic (exact) mass is 496 g/mol. The molecule has 4 aromatic rings. The van der Waals surface area contributed by atoms with Gasteiger partial charge in [-0.05, 0) is 70.6 Å². The van der Waals surface area contributed by atoms with E-state index in [1.165, 1.54) is 10.6 Å². The number of nitro groups is 1. The Morgan fingerprint density at radius 2 is 1.90 bits per heavy atom. The molecule has 0 bridgehead atoms.